The largest absolute Gasteiger partial charge is 0.486 e. The molecule has 4 heteroatoms. The molecule has 0 radical (unpaired) electrons. The van der Waals surface area contributed by atoms with Gasteiger partial charge in [-0.1, -0.05) is 25.3 Å². The fraction of sp³-hybridized carbons (Fsp3) is 0.562. The SMILES string of the molecule is O=C(O)C1CCCCCC1c1ccc2c(c1)OCCO2. The van der Waals surface area contributed by atoms with Crippen LogP contribution in [0.5, 0.6) is 11.5 Å². The Morgan fingerprint density at radius 3 is 2.60 bits per heavy atom. The molecule has 1 aromatic rings. The van der Waals surface area contributed by atoms with Crippen molar-refractivity contribution in [2.45, 2.75) is 38.0 Å². The average Bonchev–Trinajstić information content (AvgIpc) is 2.72. The summed E-state index contributed by atoms with van der Waals surface area (Å²) in [5.74, 6) is 0.653. The second kappa shape index (κ2) is 5.73. The molecule has 1 aromatic carbocycles. The fourth-order valence-electron chi connectivity index (χ4n) is 3.29. The lowest BCUT2D eigenvalue weighted by Crippen LogP contribution is -2.21. The highest BCUT2D eigenvalue weighted by Gasteiger charge is 2.31. The number of carboxylic acid groups (broad SMARTS) is 1. The van der Waals surface area contributed by atoms with E-state index in [-0.39, 0.29) is 11.8 Å². The van der Waals surface area contributed by atoms with E-state index in [1.54, 1.807) is 0 Å². The molecule has 1 heterocycles. The summed E-state index contributed by atoms with van der Waals surface area (Å²) in [7, 11) is 0. The van der Waals surface area contributed by atoms with Gasteiger partial charge in [0.2, 0.25) is 0 Å². The Morgan fingerprint density at radius 1 is 1.05 bits per heavy atom. The van der Waals surface area contributed by atoms with Crippen molar-refractivity contribution < 1.29 is 19.4 Å². The third kappa shape index (κ3) is 2.60. The first-order valence-corrected chi connectivity index (χ1v) is 7.38. The van der Waals surface area contributed by atoms with Gasteiger partial charge in [0.1, 0.15) is 13.2 Å². The van der Waals surface area contributed by atoms with Gasteiger partial charge >= 0.3 is 5.97 Å². The Morgan fingerprint density at radius 2 is 1.80 bits per heavy atom. The van der Waals surface area contributed by atoms with Crippen LogP contribution in [-0.4, -0.2) is 24.3 Å². The van der Waals surface area contributed by atoms with Gasteiger partial charge in [0.05, 0.1) is 5.92 Å². The van der Waals surface area contributed by atoms with Gasteiger partial charge in [0.25, 0.3) is 0 Å². The van der Waals surface area contributed by atoms with Crippen molar-refractivity contribution in [1.82, 2.24) is 0 Å². The van der Waals surface area contributed by atoms with Crippen LogP contribution in [0.2, 0.25) is 0 Å². The predicted octanol–water partition coefficient (Wildman–Crippen LogP) is 3.21. The molecule has 108 valence electrons. The topological polar surface area (TPSA) is 55.8 Å². The van der Waals surface area contributed by atoms with Gasteiger partial charge in [0.15, 0.2) is 11.5 Å². The zero-order chi connectivity index (χ0) is 13.9. The van der Waals surface area contributed by atoms with Crippen molar-refractivity contribution in [3.8, 4) is 11.5 Å². The highest BCUT2D eigenvalue weighted by atomic mass is 16.6. The van der Waals surface area contributed by atoms with Crippen molar-refractivity contribution in [2.75, 3.05) is 13.2 Å². The maximum Gasteiger partial charge on any atom is 0.307 e. The molecule has 1 fully saturated rings. The first-order chi connectivity index (χ1) is 9.75. The maximum atomic E-state index is 11.5. The summed E-state index contributed by atoms with van der Waals surface area (Å²) in [5.41, 5.74) is 1.07. The number of rotatable bonds is 2. The summed E-state index contributed by atoms with van der Waals surface area (Å²) < 4.78 is 11.1. The van der Waals surface area contributed by atoms with Crippen molar-refractivity contribution in [3.63, 3.8) is 0 Å². The van der Waals surface area contributed by atoms with Crippen LogP contribution in [0.1, 0.15) is 43.6 Å². The lowest BCUT2D eigenvalue weighted by Gasteiger charge is -2.24. The molecule has 20 heavy (non-hydrogen) atoms. The lowest BCUT2D eigenvalue weighted by atomic mass is 9.82. The predicted molar refractivity (Wildman–Crippen MR) is 74.4 cm³/mol. The average molecular weight is 276 g/mol. The molecule has 1 N–H and O–H groups in total. The number of carbonyl (C=O) groups is 1. The van der Waals surface area contributed by atoms with E-state index in [2.05, 4.69) is 0 Å². The molecule has 0 spiro atoms. The van der Waals surface area contributed by atoms with Crippen LogP contribution in [0, 0.1) is 5.92 Å². The number of ether oxygens (including phenoxy) is 2. The Balaban J connectivity index is 1.90. The molecule has 1 aliphatic heterocycles. The number of hydrogen-bond acceptors (Lipinski definition) is 3. The zero-order valence-electron chi connectivity index (χ0n) is 11.5. The van der Waals surface area contributed by atoms with Crippen LogP contribution in [0.25, 0.3) is 0 Å². The molecule has 3 rings (SSSR count). The van der Waals surface area contributed by atoms with Crippen LogP contribution in [0.4, 0.5) is 0 Å². The van der Waals surface area contributed by atoms with Gasteiger partial charge in [-0.3, -0.25) is 4.79 Å². The van der Waals surface area contributed by atoms with E-state index < -0.39 is 5.97 Å². The quantitative estimate of drug-likeness (QED) is 0.843. The summed E-state index contributed by atoms with van der Waals surface area (Å²) in [6.45, 7) is 1.14. The van der Waals surface area contributed by atoms with Crippen LogP contribution < -0.4 is 9.47 Å². The Labute approximate surface area is 118 Å². The molecule has 0 aromatic heterocycles. The van der Waals surface area contributed by atoms with Gasteiger partial charge in [-0.05, 0) is 36.5 Å². The van der Waals surface area contributed by atoms with Crippen LogP contribution in [-0.2, 0) is 4.79 Å². The Kier molecular flexibility index (Phi) is 3.81. The molecular formula is C16H20O4. The molecule has 2 aliphatic rings. The molecule has 0 bridgehead atoms. The first kappa shape index (κ1) is 13.3. The number of hydrogen-bond donors (Lipinski definition) is 1. The summed E-state index contributed by atoms with van der Waals surface area (Å²) in [4.78, 5) is 11.5. The van der Waals surface area contributed by atoms with E-state index in [4.69, 9.17) is 9.47 Å². The zero-order valence-corrected chi connectivity index (χ0v) is 11.5. The van der Waals surface area contributed by atoms with E-state index in [0.717, 1.165) is 49.2 Å². The van der Waals surface area contributed by atoms with Gasteiger partial charge in [-0.2, -0.15) is 0 Å². The summed E-state index contributed by atoms with van der Waals surface area (Å²) in [6, 6.07) is 5.88. The van der Waals surface area contributed by atoms with Gasteiger partial charge in [0, 0.05) is 0 Å². The second-order valence-electron chi connectivity index (χ2n) is 5.59. The number of carboxylic acids is 1. The van der Waals surface area contributed by atoms with Crippen LogP contribution >= 0.6 is 0 Å². The highest BCUT2D eigenvalue weighted by molar-refractivity contribution is 5.71. The molecular weight excluding hydrogens is 256 g/mol. The molecule has 2 unspecified atom stereocenters. The molecule has 1 aliphatic carbocycles. The molecule has 0 amide bonds. The monoisotopic (exact) mass is 276 g/mol. The molecule has 1 saturated carbocycles. The van der Waals surface area contributed by atoms with Gasteiger partial charge in [-0.25, -0.2) is 0 Å². The standard InChI is InChI=1S/C16H20O4/c17-16(18)13-5-3-1-2-4-12(13)11-6-7-14-15(10-11)20-9-8-19-14/h6-7,10,12-13H,1-5,8-9H2,(H,17,18). The van der Waals surface area contributed by atoms with Crippen molar-refractivity contribution >= 4 is 5.97 Å². The second-order valence-corrected chi connectivity index (χ2v) is 5.59. The normalized spacial score (nSPS) is 25.8. The third-order valence-corrected chi connectivity index (χ3v) is 4.33. The van der Waals surface area contributed by atoms with Gasteiger partial charge in [-0.15, -0.1) is 0 Å². The van der Waals surface area contributed by atoms with Crippen molar-refractivity contribution in [2.24, 2.45) is 5.92 Å². The molecule has 0 saturated heterocycles. The van der Waals surface area contributed by atoms with Crippen molar-refractivity contribution in [1.29, 1.82) is 0 Å². The van der Waals surface area contributed by atoms with Crippen molar-refractivity contribution in [3.05, 3.63) is 23.8 Å². The molecule has 2 atom stereocenters. The van der Waals surface area contributed by atoms with E-state index in [0.29, 0.717) is 13.2 Å². The van der Waals surface area contributed by atoms with E-state index >= 15 is 0 Å². The van der Waals surface area contributed by atoms with Crippen LogP contribution in [0.15, 0.2) is 18.2 Å². The maximum absolute atomic E-state index is 11.5. The Bertz CT molecular complexity index is 497. The lowest BCUT2D eigenvalue weighted by molar-refractivity contribution is -0.142. The van der Waals surface area contributed by atoms with E-state index in [1.807, 2.05) is 18.2 Å². The van der Waals surface area contributed by atoms with Crippen LogP contribution in [0.3, 0.4) is 0 Å². The first-order valence-electron chi connectivity index (χ1n) is 7.38. The Hall–Kier alpha value is -1.71. The summed E-state index contributed by atoms with van der Waals surface area (Å²) >= 11 is 0. The minimum atomic E-state index is -0.674. The summed E-state index contributed by atoms with van der Waals surface area (Å²) in [6.07, 6.45) is 4.96. The number of benzene rings is 1. The third-order valence-electron chi connectivity index (χ3n) is 4.33. The van der Waals surface area contributed by atoms with E-state index in [1.165, 1.54) is 0 Å². The molecule has 4 nitrogen and oxygen atoms in total. The summed E-state index contributed by atoms with van der Waals surface area (Å²) in [5, 5.41) is 9.48. The highest BCUT2D eigenvalue weighted by Crippen LogP contribution is 2.40. The minimum absolute atomic E-state index is 0.0887. The van der Waals surface area contributed by atoms with E-state index in [9.17, 15) is 9.90 Å². The fourth-order valence-corrected chi connectivity index (χ4v) is 3.29. The number of aliphatic carboxylic acids is 1. The number of fused-ring (bicyclic) bond motifs is 1. The smallest absolute Gasteiger partial charge is 0.307 e. The minimum Gasteiger partial charge on any atom is -0.486 e. The van der Waals surface area contributed by atoms with Gasteiger partial charge < -0.3 is 14.6 Å².